The van der Waals surface area contributed by atoms with Crippen LogP contribution in [-0.4, -0.2) is 24.6 Å². The van der Waals surface area contributed by atoms with E-state index >= 15 is 0 Å². The van der Waals surface area contributed by atoms with Gasteiger partial charge in [0, 0.05) is 21.3 Å². The number of amides is 2. The Kier molecular flexibility index (Phi) is 9.08. The van der Waals surface area contributed by atoms with Gasteiger partial charge in [-0.25, -0.2) is 5.43 Å². The van der Waals surface area contributed by atoms with Crippen LogP contribution < -0.4 is 20.2 Å². The van der Waals surface area contributed by atoms with E-state index in [1.54, 1.807) is 72.8 Å². The quantitative estimate of drug-likeness (QED) is 0.183. The molecule has 174 valence electrons. The Morgan fingerprint density at radius 2 is 1.74 bits per heavy atom. The Balaban J connectivity index is 1.49. The zero-order valence-electron chi connectivity index (χ0n) is 18.0. The van der Waals surface area contributed by atoms with Crippen molar-refractivity contribution in [1.29, 1.82) is 0 Å². The lowest BCUT2D eigenvalue weighted by Gasteiger charge is -2.08. The monoisotopic (exact) mass is 497 g/mol. The van der Waals surface area contributed by atoms with Crippen LogP contribution in [0.5, 0.6) is 11.5 Å². The third kappa shape index (κ3) is 7.65. The second-order valence-electron chi connectivity index (χ2n) is 6.87. The van der Waals surface area contributed by atoms with Crippen molar-refractivity contribution in [3.05, 3.63) is 101 Å². The van der Waals surface area contributed by atoms with Crippen molar-refractivity contribution in [1.82, 2.24) is 5.43 Å². The van der Waals surface area contributed by atoms with E-state index in [-0.39, 0.29) is 6.61 Å². The van der Waals surface area contributed by atoms with E-state index in [1.165, 1.54) is 6.21 Å². The Hall–Kier alpha value is -3.81. The lowest BCUT2D eigenvalue weighted by Crippen LogP contribution is -2.32. The van der Waals surface area contributed by atoms with Gasteiger partial charge in [-0.1, -0.05) is 54.1 Å². The Bertz CT molecular complexity index is 1200. The molecule has 0 atom stereocenters. The van der Waals surface area contributed by atoms with Gasteiger partial charge in [-0.3, -0.25) is 9.59 Å². The molecule has 0 aliphatic rings. The van der Waals surface area contributed by atoms with Crippen molar-refractivity contribution >= 4 is 46.9 Å². The summed E-state index contributed by atoms with van der Waals surface area (Å²) >= 11 is 12.1. The molecule has 0 spiro atoms. The molecule has 34 heavy (non-hydrogen) atoms. The van der Waals surface area contributed by atoms with E-state index in [4.69, 9.17) is 32.7 Å². The lowest BCUT2D eigenvalue weighted by molar-refractivity contribution is -0.136. The van der Waals surface area contributed by atoms with Crippen LogP contribution in [0.1, 0.15) is 11.1 Å². The molecular weight excluding hydrogens is 477 g/mol. The first-order valence-corrected chi connectivity index (χ1v) is 10.8. The summed E-state index contributed by atoms with van der Waals surface area (Å²) in [5, 5.41) is 7.38. The molecule has 7 nitrogen and oxygen atoms in total. The average molecular weight is 498 g/mol. The van der Waals surface area contributed by atoms with E-state index < -0.39 is 11.8 Å². The molecule has 2 N–H and O–H groups in total. The van der Waals surface area contributed by atoms with Crippen LogP contribution in [0.3, 0.4) is 0 Å². The van der Waals surface area contributed by atoms with Gasteiger partial charge in [-0.2, -0.15) is 5.10 Å². The summed E-state index contributed by atoms with van der Waals surface area (Å²) in [5.74, 6) is -0.559. The van der Waals surface area contributed by atoms with E-state index in [1.807, 2.05) is 0 Å². The number of ether oxygens (including phenoxy) is 2. The summed E-state index contributed by atoms with van der Waals surface area (Å²) in [6.07, 6.45) is 3.03. The molecule has 3 aromatic carbocycles. The fourth-order valence-corrected chi connectivity index (χ4v) is 3.14. The van der Waals surface area contributed by atoms with E-state index in [2.05, 4.69) is 22.4 Å². The van der Waals surface area contributed by atoms with Crippen molar-refractivity contribution in [2.75, 3.05) is 11.9 Å². The Morgan fingerprint density at radius 1 is 0.941 bits per heavy atom. The molecule has 0 fully saturated rings. The number of carbonyl (C=O) groups is 2. The number of hydrogen-bond donors (Lipinski definition) is 2. The minimum atomic E-state index is -0.909. The highest BCUT2D eigenvalue weighted by Crippen LogP contribution is 2.23. The molecular formula is C25H21Cl2N3O4. The van der Waals surface area contributed by atoms with Gasteiger partial charge in [0.1, 0.15) is 24.7 Å². The maximum absolute atomic E-state index is 12.1. The van der Waals surface area contributed by atoms with Gasteiger partial charge < -0.3 is 14.8 Å². The second kappa shape index (κ2) is 12.4. The van der Waals surface area contributed by atoms with E-state index in [0.717, 1.165) is 5.56 Å². The van der Waals surface area contributed by atoms with Crippen molar-refractivity contribution < 1.29 is 19.1 Å². The van der Waals surface area contributed by atoms with Crippen molar-refractivity contribution in [2.24, 2.45) is 5.10 Å². The number of hydrazone groups is 1. The molecule has 0 saturated heterocycles. The van der Waals surface area contributed by atoms with Gasteiger partial charge in [0.15, 0.2) is 0 Å². The number of halogens is 2. The molecule has 3 rings (SSSR count). The summed E-state index contributed by atoms with van der Waals surface area (Å²) in [4.78, 5) is 24.1. The Morgan fingerprint density at radius 3 is 2.47 bits per heavy atom. The molecule has 0 saturated carbocycles. The van der Waals surface area contributed by atoms with Crippen molar-refractivity contribution in [3.8, 4) is 11.5 Å². The van der Waals surface area contributed by atoms with Crippen LogP contribution in [0.2, 0.25) is 10.0 Å². The summed E-state index contributed by atoms with van der Waals surface area (Å²) < 4.78 is 11.1. The van der Waals surface area contributed by atoms with Gasteiger partial charge in [-0.15, -0.1) is 0 Å². The fraction of sp³-hybridized carbons (Fsp3) is 0.0800. The van der Waals surface area contributed by atoms with Gasteiger partial charge in [0.2, 0.25) is 0 Å². The molecule has 2 amide bonds. The summed E-state index contributed by atoms with van der Waals surface area (Å²) in [5.41, 5.74) is 4.09. The maximum Gasteiger partial charge on any atom is 0.329 e. The number of benzene rings is 3. The third-order valence-corrected chi connectivity index (χ3v) is 4.92. The SMILES string of the molecule is C=CCOc1ccc(NC(=O)C(=O)N/N=C\c2cccc(OCc3ccc(Cl)cc3Cl)c2)cc1. The lowest BCUT2D eigenvalue weighted by atomic mass is 10.2. The van der Waals surface area contributed by atoms with Crippen LogP contribution in [0.25, 0.3) is 0 Å². The molecule has 0 aromatic heterocycles. The number of hydrogen-bond acceptors (Lipinski definition) is 5. The zero-order valence-corrected chi connectivity index (χ0v) is 19.5. The third-order valence-electron chi connectivity index (χ3n) is 4.33. The second-order valence-corrected chi connectivity index (χ2v) is 7.72. The van der Waals surface area contributed by atoms with Gasteiger partial charge >= 0.3 is 11.8 Å². The Labute approximate surface area is 207 Å². The number of nitrogens with zero attached hydrogens (tertiary/aromatic N) is 1. The van der Waals surface area contributed by atoms with Gasteiger partial charge in [-0.05, 0) is 54.1 Å². The highest BCUT2D eigenvalue weighted by atomic mass is 35.5. The molecule has 0 aliphatic carbocycles. The van der Waals surface area contributed by atoms with Crippen molar-refractivity contribution in [2.45, 2.75) is 6.61 Å². The maximum atomic E-state index is 12.1. The molecule has 0 unspecified atom stereocenters. The zero-order chi connectivity index (χ0) is 24.3. The highest BCUT2D eigenvalue weighted by molar-refractivity contribution is 6.39. The minimum absolute atomic E-state index is 0.259. The van der Waals surface area contributed by atoms with E-state index in [0.29, 0.717) is 39.4 Å². The molecule has 0 aliphatic heterocycles. The summed E-state index contributed by atoms with van der Waals surface area (Å²) in [7, 11) is 0. The van der Waals surface area contributed by atoms with Gasteiger partial charge in [0.25, 0.3) is 0 Å². The van der Waals surface area contributed by atoms with Crippen LogP contribution in [0.15, 0.2) is 84.5 Å². The number of nitrogens with one attached hydrogen (secondary N) is 2. The highest BCUT2D eigenvalue weighted by Gasteiger charge is 2.13. The smallest absolute Gasteiger partial charge is 0.329 e. The predicted molar refractivity (Wildman–Crippen MR) is 134 cm³/mol. The first-order chi connectivity index (χ1) is 16.4. The minimum Gasteiger partial charge on any atom is -0.490 e. The molecule has 0 heterocycles. The summed E-state index contributed by atoms with van der Waals surface area (Å²) in [6.45, 7) is 4.20. The molecule has 0 bridgehead atoms. The normalized spacial score (nSPS) is 10.5. The van der Waals surface area contributed by atoms with Crippen LogP contribution in [-0.2, 0) is 16.2 Å². The molecule has 0 radical (unpaired) electrons. The van der Waals surface area contributed by atoms with Crippen LogP contribution in [0.4, 0.5) is 5.69 Å². The fourth-order valence-electron chi connectivity index (χ4n) is 2.68. The topological polar surface area (TPSA) is 89.0 Å². The largest absolute Gasteiger partial charge is 0.490 e. The first kappa shape index (κ1) is 24.8. The average Bonchev–Trinajstić information content (AvgIpc) is 2.83. The number of carbonyl (C=O) groups excluding carboxylic acids is 2. The first-order valence-electron chi connectivity index (χ1n) is 10.1. The van der Waals surface area contributed by atoms with Crippen LogP contribution in [0, 0.1) is 0 Å². The van der Waals surface area contributed by atoms with Gasteiger partial charge in [0.05, 0.1) is 6.21 Å². The van der Waals surface area contributed by atoms with Crippen molar-refractivity contribution in [3.63, 3.8) is 0 Å². The predicted octanol–water partition coefficient (Wildman–Crippen LogP) is 5.23. The summed E-state index contributed by atoms with van der Waals surface area (Å²) in [6, 6.07) is 18.8. The number of anilines is 1. The molecule has 9 heteroatoms. The molecule has 3 aromatic rings. The van der Waals surface area contributed by atoms with E-state index in [9.17, 15) is 9.59 Å². The standard InChI is InChI=1S/C25H21Cl2N3O4/c1-2-12-33-21-10-8-20(9-11-21)29-24(31)25(32)30-28-15-17-4-3-5-22(13-17)34-16-18-6-7-19(26)14-23(18)27/h2-11,13-15H,1,12,16H2,(H,29,31)(H,30,32)/b28-15-. The van der Waals surface area contributed by atoms with Crippen LogP contribution >= 0.6 is 23.2 Å². The number of rotatable bonds is 9.